The van der Waals surface area contributed by atoms with Gasteiger partial charge in [0.2, 0.25) is 11.8 Å². The van der Waals surface area contributed by atoms with E-state index in [2.05, 4.69) is 24.5 Å². The smallest absolute Gasteiger partial charge is 0.408 e. The largest absolute Gasteiger partial charge is 0.496 e. The normalized spacial score (nSPS) is 26.6. The summed E-state index contributed by atoms with van der Waals surface area (Å²) in [4.78, 5) is 66.0. The van der Waals surface area contributed by atoms with Crippen LogP contribution in [0.3, 0.4) is 0 Å². The zero-order valence-electron chi connectivity index (χ0n) is 32.9. The Morgan fingerprint density at radius 2 is 1.89 bits per heavy atom. The van der Waals surface area contributed by atoms with E-state index in [0.717, 1.165) is 40.9 Å². The molecule has 1 saturated heterocycles. The van der Waals surface area contributed by atoms with Gasteiger partial charge in [0.1, 0.15) is 51.5 Å². The molecule has 13 nitrogen and oxygen atoms in total. The van der Waals surface area contributed by atoms with Crippen LogP contribution in [0.1, 0.15) is 97.2 Å². The number of thiazole rings is 1. The number of nitrogens with one attached hydrogen (secondary N) is 2. The number of allylic oxidation sites excluding steroid dienone is 1. The van der Waals surface area contributed by atoms with Gasteiger partial charge in [-0.15, -0.1) is 11.3 Å². The highest BCUT2D eigenvalue weighted by atomic mass is 32.1. The summed E-state index contributed by atoms with van der Waals surface area (Å²) in [5.74, 6) is -1.72. The summed E-state index contributed by atoms with van der Waals surface area (Å²) in [6, 6.07) is 3.50. The van der Waals surface area contributed by atoms with Crippen LogP contribution in [-0.2, 0) is 19.1 Å². The van der Waals surface area contributed by atoms with E-state index < -0.39 is 59.1 Å². The van der Waals surface area contributed by atoms with Gasteiger partial charge in [-0.1, -0.05) is 45.8 Å². The Bertz CT molecular complexity index is 1990. The predicted molar refractivity (Wildman–Crippen MR) is 209 cm³/mol. The van der Waals surface area contributed by atoms with E-state index in [0.29, 0.717) is 35.6 Å². The summed E-state index contributed by atoms with van der Waals surface area (Å²) in [6.07, 6.45) is 6.01. The summed E-state index contributed by atoms with van der Waals surface area (Å²) in [5.41, 5.74) is 0.788. The molecule has 296 valence electrons. The molecule has 3 N–H and O–H groups in total. The molecule has 1 saturated carbocycles. The van der Waals surface area contributed by atoms with E-state index in [9.17, 15) is 24.3 Å². The topological polar surface area (TPSA) is 169 Å². The molecule has 3 amide bonds. The number of carboxylic acids is 1. The number of amides is 3. The number of aliphatic carboxylic acids is 1. The monoisotopic (exact) mass is 775 g/mol. The van der Waals surface area contributed by atoms with Gasteiger partial charge in [0.25, 0.3) is 0 Å². The Labute approximate surface area is 326 Å². The zero-order valence-corrected chi connectivity index (χ0v) is 33.7. The van der Waals surface area contributed by atoms with Crippen molar-refractivity contribution in [2.24, 2.45) is 11.8 Å². The highest BCUT2D eigenvalue weighted by Gasteiger charge is 2.62. The number of benzene rings is 1. The molecule has 3 aliphatic rings. The van der Waals surface area contributed by atoms with Gasteiger partial charge < -0.3 is 34.9 Å². The van der Waals surface area contributed by atoms with Crippen molar-refractivity contribution in [3.8, 4) is 22.2 Å². The maximum atomic E-state index is 14.6. The van der Waals surface area contributed by atoms with Crippen LogP contribution < -0.4 is 20.1 Å². The SMILES string of the molecule is COc1ccc2c(O[C@H]3CN4C(=O)[C@@H](NC(=O)OC(C)(C)C)CCCCC/C=C\[C@@H]5C[C@@]5(C(=O)O)NC(=O)[C@@H]4[C@@H]3C)cc(-c3nc(C(C)C)cs3)nc2c1C. The highest BCUT2D eigenvalue weighted by molar-refractivity contribution is 7.13. The Balaban J connectivity index is 1.40. The molecule has 6 atom stereocenters. The van der Waals surface area contributed by atoms with Crippen molar-refractivity contribution >= 4 is 46.1 Å². The number of rotatable bonds is 7. The molecule has 2 aliphatic heterocycles. The van der Waals surface area contributed by atoms with E-state index in [1.165, 1.54) is 16.2 Å². The summed E-state index contributed by atoms with van der Waals surface area (Å²) in [6.45, 7) is 13.2. The van der Waals surface area contributed by atoms with Crippen LogP contribution in [0.15, 0.2) is 35.7 Å². The Hall–Kier alpha value is -4.72. The van der Waals surface area contributed by atoms with Crippen molar-refractivity contribution in [2.75, 3.05) is 13.7 Å². The molecule has 0 radical (unpaired) electrons. The number of hydrogen-bond donors (Lipinski definition) is 3. The predicted octanol–water partition coefficient (Wildman–Crippen LogP) is 6.77. The summed E-state index contributed by atoms with van der Waals surface area (Å²) >= 11 is 1.49. The quantitative estimate of drug-likeness (QED) is 0.218. The number of aryl methyl sites for hydroxylation is 1. The lowest BCUT2D eigenvalue weighted by molar-refractivity contribution is -0.146. The first-order chi connectivity index (χ1) is 26.0. The van der Waals surface area contributed by atoms with E-state index >= 15 is 0 Å². The molecule has 4 heterocycles. The minimum Gasteiger partial charge on any atom is -0.496 e. The average molecular weight is 776 g/mol. The van der Waals surface area contributed by atoms with E-state index in [4.69, 9.17) is 24.2 Å². The number of carbonyl (C=O) groups excluding carboxylic acids is 3. The third kappa shape index (κ3) is 8.44. The van der Waals surface area contributed by atoms with Crippen LogP contribution >= 0.6 is 11.3 Å². The number of fused-ring (bicyclic) bond motifs is 3. The molecule has 1 aliphatic carbocycles. The first-order valence-corrected chi connectivity index (χ1v) is 20.0. The fraction of sp³-hybridized carbons (Fsp3) is 0.561. The maximum Gasteiger partial charge on any atom is 0.408 e. The second kappa shape index (κ2) is 15.8. The van der Waals surface area contributed by atoms with Gasteiger partial charge in [-0.05, 0) is 71.4 Å². The molecule has 0 bridgehead atoms. The average Bonchev–Trinajstić information content (AvgIpc) is 3.41. The number of pyridine rings is 1. The molecular weight excluding hydrogens is 723 g/mol. The van der Waals surface area contributed by atoms with Crippen LogP contribution in [0.5, 0.6) is 11.5 Å². The highest BCUT2D eigenvalue weighted by Crippen LogP contribution is 2.46. The van der Waals surface area contributed by atoms with Crippen molar-refractivity contribution in [3.63, 3.8) is 0 Å². The molecule has 55 heavy (non-hydrogen) atoms. The number of aromatic nitrogens is 2. The lowest BCUT2D eigenvalue weighted by Gasteiger charge is -2.31. The van der Waals surface area contributed by atoms with Crippen LogP contribution in [0.25, 0.3) is 21.6 Å². The molecule has 2 fully saturated rings. The van der Waals surface area contributed by atoms with Crippen LogP contribution in [0.4, 0.5) is 4.79 Å². The Morgan fingerprint density at radius 1 is 1.13 bits per heavy atom. The van der Waals surface area contributed by atoms with Crippen LogP contribution in [0, 0.1) is 18.8 Å². The molecule has 14 heteroatoms. The van der Waals surface area contributed by atoms with Gasteiger partial charge in [-0.25, -0.2) is 19.6 Å². The van der Waals surface area contributed by atoms with Gasteiger partial charge in [-0.3, -0.25) is 9.59 Å². The van der Waals surface area contributed by atoms with Crippen LogP contribution in [-0.4, -0.2) is 86.8 Å². The maximum absolute atomic E-state index is 14.6. The molecule has 3 aromatic rings. The molecule has 0 unspecified atom stereocenters. The summed E-state index contributed by atoms with van der Waals surface area (Å²) < 4.78 is 18.0. The van der Waals surface area contributed by atoms with Crippen molar-refractivity contribution in [1.29, 1.82) is 0 Å². The molecule has 0 spiro atoms. The van der Waals surface area contributed by atoms with E-state index in [-0.39, 0.29) is 24.8 Å². The zero-order chi connectivity index (χ0) is 39.8. The van der Waals surface area contributed by atoms with Crippen molar-refractivity contribution in [2.45, 2.75) is 122 Å². The first kappa shape index (κ1) is 40.0. The van der Waals surface area contributed by atoms with Crippen LogP contribution in [0.2, 0.25) is 0 Å². The Morgan fingerprint density at radius 3 is 2.56 bits per heavy atom. The number of methoxy groups -OCH3 is 1. The first-order valence-electron chi connectivity index (χ1n) is 19.2. The van der Waals surface area contributed by atoms with Crippen molar-refractivity contribution in [3.05, 3.63) is 47.0 Å². The lowest BCUT2D eigenvalue weighted by Crippen LogP contribution is -2.57. The number of nitrogens with zero attached hydrogens (tertiary/aromatic N) is 3. The molecule has 6 rings (SSSR count). The number of ether oxygens (including phenoxy) is 3. The fourth-order valence-corrected chi connectivity index (χ4v) is 8.51. The number of alkyl carbamates (subject to hydrolysis) is 1. The third-order valence-electron chi connectivity index (χ3n) is 10.8. The van der Waals surface area contributed by atoms with Gasteiger partial charge in [0.15, 0.2) is 0 Å². The molecule has 2 aromatic heterocycles. The minimum atomic E-state index is -1.47. The van der Waals surface area contributed by atoms with Gasteiger partial charge in [-0.2, -0.15) is 0 Å². The number of hydrogen-bond acceptors (Lipinski definition) is 10. The second-order valence-corrected chi connectivity index (χ2v) is 17.2. The summed E-state index contributed by atoms with van der Waals surface area (Å²) in [7, 11) is 1.60. The van der Waals surface area contributed by atoms with Crippen molar-refractivity contribution in [1.82, 2.24) is 25.5 Å². The lowest BCUT2D eigenvalue weighted by atomic mass is 9.98. The fourth-order valence-electron chi connectivity index (χ4n) is 7.56. The summed E-state index contributed by atoms with van der Waals surface area (Å²) in [5, 5.41) is 19.4. The Kier molecular flexibility index (Phi) is 11.5. The van der Waals surface area contributed by atoms with Gasteiger partial charge >= 0.3 is 12.1 Å². The van der Waals surface area contributed by atoms with Gasteiger partial charge in [0, 0.05) is 34.2 Å². The second-order valence-electron chi connectivity index (χ2n) is 16.3. The van der Waals surface area contributed by atoms with E-state index in [1.807, 2.05) is 49.6 Å². The number of carboxylic acid groups (broad SMARTS) is 1. The third-order valence-corrected chi connectivity index (χ3v) is 11.7. The van der Waals surface area contributed by atoms with E-state index in [1.54, 1.807) is 27.9 Å². The molecular formula is C41H53N5O8S. The molecule has 1 aromatic carbocycles. The minimum absolute atomic E-state index is 0.0109. The van der Waals surface area contributed by atoms with Crippen molar-refractivity contribution < 1.29 is 38.5 Å². The standard InChI is InChI=1S/C41H53N5O8S/c1-22(2)29-21-55-36(43-29)28-18-31(26-16-17-30(52-8)23(3)33(26)42-28)53-32-20-46-34(24(32)4)35(47)45-41(38(49)50)19-25(41)14-12-10-9-11-13-15-27(37(46)48)44-39(51)54-40(5,6)7/h12,14,16-18,21-22,24-25,27,32,34H,9-11,13,15,19-20H2,1-8H3,(H,44,51)(H,45,47)(H,49,50)/b14-12-/t24-,25-,27+,32+,34+,41-/m1/s1. The van der Waals surface area contributed by atoms with Gasteiger partial charge in [0.05, 0.1) is 24.9 Å². The number of carbonyl (C=O) groups is 4.